The van der Waals surface area contributed by atoms with Gasteiger partial charge in [0.15, 0.2) is 5.41 Å². The Balaban J connectivity index is 2.89. The van der Waals surface area contributed by atoms with Crippen LogP contribution in [0.4, 0.5) is 0 Å². The van der Waals surface area contributed by atoms with Gasteiger partial charge in [0.05, 0.1) is 20.0 Å². The lowest BCUT2D eigenvalue weighted by atomic mass is 9.85. The smallest absolute Gasteiger partial charge is 0.324 e. The second kappa shape index (κ2) is 5.13. The third-order valence-corrected chi connectivity index (χ3v) is 3.62. The van der Waals surface area contributed by atoms with Crippen LogP contribution >= 0.6 is 0 Å². The van der Waals surface area contributed by atoms with E-state index < -0.39 is 25.7 Å². The van der Waals surface area contributed by atoms with Crippen LogP contribution in [0, 0.1) is 5.41 Å². The highest BCUT2D eigenvalue weighted by Gasteiger charge is 2.51. The SMILES string of the molecule is COC(=O)C1(C(=O)OC)CC=C(O[Si](C)(C)C)C1. The molecule has 0 radical (unpaired) electrons. The molecule has 0 aliphatic heterocycles. The first kappa shape index (κ1) is 14.8. The Morgan fingerprint density at radius 2 is 1.67 bits per heavy atom. The monoisotopic (exact) mass is 272 g/mol. The van der Waals surface area contributed by atoms with Crippen molar-refractivity contribution in [1.29, 1.82) is 0 Å². The standard InChI is InChI=1S/C12H20O5Si/c1-15-10(13)12(11(14)16-2)7-6-9(8-12)17-18(3,4)5/h6H,7-8H2,1-5H3. The van der Waals surface area contributed by atoms with Crippen LogP contribution in [0.2, 0.25) is 19.6 Å². The van der Waals surface area contributed by atoms with Crippen molar-refractivity contribution in [2.24, 2.45) is 5.41 Å². The predicted octanol–water partition coefficient (Wildman–Crippen LogP) is 1.85. The molecule has 1 rings (SSSR count). The van der Waals surface area contributed by atoms with Gasteiger partial charge in [-0.2, -0.15) is 0 Å². The lowest BCUT2D eigenvalue weighted by Gasteiger charge is -2.25. The van der Waals surface area contributed by atoms with Crippen molar-refractivity contribution in [3.63, 3.8) is 0 Å². The van der Waals surface area contributed by atoms with E-state index in [2.05, 4.69) is 0 Å². The number of ether oxygens (including phenoxy) is 2. The fourth-order valence-electron chi connectivity index (χ4n) is 1.99. The Kier molecular flexibility index (Phi) is 4.21. The topological polar surface area (TPSA) is 61.8 Å². The quantitative estimate of drug-likeness (QED) is 0.444. The molecule has 0 amide bonds. The number of carbonyl (C=O) groups is 2. The summed E-state index contributed by atoms with van der Waals surface area (Å²) in [6, 6.07) is 0. The summed E-state index contributed by atoms with van der Waals surface area (Å²) >= 11 is 0. The van der Waals surface area contributed by atoms with Crippen molar-refractivity contribution in [3.8, 4) is 0 Å². The van der Waals surface area contributed by atoms with Crippen molar-refractivity contribution < 1.29 is 23.5 Å². The third kappa shape index (κ3) is 2.93. The van der Waals surface area contributed by atoms with Gasteiger partial charge in [-0.15, -0.1) is 0 Å². The Morgan fingerprint density at radius 3 is 2.06 bits per heavy atom. The number of hydrogen-bond acceptors (Lipinski definition) is 5. The van der Waals surface area contributed by atoms with Crippen LogP contribution in [-0.4, -0.2) is 34.5 Å². The third-order valence-electron chi connectivity index (χ3n) is 2.74. The van der Waals surface area contributed by atoms with Crippen molar-refractivity contribution in [2.45, 2.75) is 32.5 Å². The minimum Gasteiger partial charge on any atom is -0.548 e. The first-order valence-electron chi connectivity index (χ1n) is 5.80. The summed E-state index contributed by atoms with van der Waals surface area (Å²) in [5, 5.41) is 0. The van der Waals surface area contributed by atoms with E-state index in [1.165, 1.54) is 14.2 Å². The molecule has 0 bridgehead atoms. The molecule has 18 heavy (non-hydrogen) atoms. The lowest BCUT2D eigenvalue weighted by Crippen LogP contribution is -2.39. The molecule has 0 unspecified atom stereocenters. The van der Waals surface area contributed by atoms with Gasteiger partial charge in [-0.3, -0.25) is 9.59 Å². The van der Waals surface area contributed by atoms with Gasteiger partial charge in [-0.1, -0.05) is 0 Å². The number of methoxy groups -OCH3 is 2. The zero-order valence-electron chi connectivity index (χ0n) is 11.5. The normalized spacial score (nSPS) is 17.9. The fraction of sp³-hybridized carbons (Fsp3) is 0.667. The number of rotatable bonds is 4. The summed E-state index contributed by atoms with van der Waals surface area (Å²) in [4.78, 5) is 23.7. The van der Waals surface area contributed by atoms with E-state index in [1.807, 2.05) is 19.6 Å². The average Bonchev–Trinajstić information content (AvgIpc) is 2.69. The van der Waals surface area contributed by atoms with E-state index in [0.717, 1.165) is 0 Å². The minimum absolute atomic E-state index is 0.219. The molecule has 0 saturated heterocycles. The molecule has 0 fully saturated rings. The highest BCUT2D eigenvalue weighted by Crippen LogP contribution is 2.41. The van der Waals surface area contributed by atoms with Gasteiger partial charge in [-0.05, 0) is 32.1 Å². The van der Waals surface area contributed by atoms with E-state index in [-0.39, 0.29) is 12.8 Å². The molecule has 0 atom stereocenters. The summed E-state index contributed by atoms with van der Waals surface area (Å²) in [6.45, 7) is 6.14. The zero-order chi connectivity index (χ0) is 14.0. The van der Waals surface area contributed by atoms with E-state index in [1.54, 1.807) is 6.08 Å². The summed E-state index contributed by atoms with van der Waals surface area (Å²) in [7, 11) is 0.789. The van der Waals surface area contributed by atoms with Gasteiger partial charge >= 0.3 is 11.9 Å². The molecule has 6 heteroatoms. The van der Waals surface area contributed by atoms with Crippen LogP contribution in [0.1, 0.15) is 12.8 Å². The van der Waals surface area contributed by atoms with Gasteiger partial charge in [0.1, 0.15) is 0 Å². The fourth-order valence-corrected chi connectivity index (χ4v) is 2.93. The van der Waals surface area contributed by atoms with Gasteiger partial charge < -0.3 is 13.9 Å². The number of allylic oxidation sites excluding steroid dienone is 2. The molecule has 0 aromatic rings. The minimum atomic E-state index is -1.75. The maximum atomic E-state index is 11.8. The van der Waals surface area contributed by atoms with E-state index in [4.69, 9.17) is 13.9 Å². The van der Waals surface area contributed by atoms with Crippen LogP contribution in [0.5, 0.6) is 0 Å². The van der Waals surface area contributed by atoms with Crippen LogP contribution in [0.25, 0.3) is 0 Å². The van der Waals surface area contributed by atoms with Gasteiger partial charge in [0.25, 0.3) is 0 Å². The Hall–Kier alpha value is -1.30. The maximum Gasteiger partial charge on any atom is 0.324 e. The van der Waals surface area contributed by atoms with Gasteiger partial charge in [0, 0.05) is 6.42 Å². The molecular formula is C12H20O5Si. The highest BCUT2D eigenvalue weighted by molar-refractivity contribution is 6.70. The second-order valence-corrected chi connectivity index (χ2v) is 9.76. The predicted molar refractivity (Wildman–Crippen MR) is 68.2 cm³/mol. The number of hydrogen-bond donors (Lipinski definition) is 0. The van der Waals surface area contributed by atoms with Crippen molar-refractivity contribution in [3.05, 3.63) is 11.8 Å². The molecule has 0 saturated carbocycles. The van der Waals surface area contributed by atoms with E-state index in [9.17, 15) is 9.59 Å². The molecular weight excluding hydrogens is 252 g/mol. The molecule has 0 heterocycles. The highest BCUT2D eigenvalue weighted by atomic mass is 28.4. The number of esters is 2. The second-order valence-electron chi connectivity index (χ2n) is 5.33. The first-order valence-corrected chi connectivity index (χ1v) is 9.21. The van der Waals surface area contributed by atoms with Crippen LogP contribution < -0.4 is 0 Å². The summed E-state index contributed by atoms with van der Waals surface area (Å²) < 4.78 is 15.3. The molecule has 0 aromatic heterocycles. The molecule has 0 aromatic carbocycles. The summed E-state index contributed by atoms with van der Waals surface area (Å²) in [6.07, 6.45) is 2.27. The summed E-state index contributed by atoms with van der Waals surface area (Å²) in [5.41, 5.74) is -1.27. The van der Waals surface area contributed by atoms with Crippen molar-refractivity contribution in [1.82, 2.24) is 0 Å². The molecule has 0 spiro atoms. The van der Waals surface area contributed by atoms with Crippen molar-refractivity contribution in [2.75, 3.05) is 14.2 Å². The molecule has 1 aliphatic carbocycles. The molecule has 1 aliphatic rings. The van der Waals surface area contributed by atoms with Crippen LogP contribution in [0.15, 0.2) is 11.8 Å². The zero-order valence-corrected chi connectivity index (χ0v) is 12.5. The van der Waals surface area contributed by atoms with Gasteiger partial charge in [0.2, 0.25) is 8.32 Å². The van der Waals surface area contributed by atoms with E-state index >= 15 is 0 Å². The lowest BCUT2D eigenvalue weighted by molar-refractivity contribution is -0.168. The van der Waals surface area contributed by atoms with E-state index in [0.29, 0.717) is 5.76 Å². The van der Waals surface area contributed by atoms with Crippen LogP contribution in [0.3, 0.4) is 0 Å². The molecule has 0 N–H and O–H groups in total. The van der Waals surface area contributed by atoms with Crippen LogP contribution in [-0.2, 0) is 23.5 Å². The summed E-state index contributed by atoms with van der Waals surface area (Å²) in [5.74, 6) is -0.454. The van der Waals surface area contributed by atoms with Crippen molar-refractivity contribution >= 4 is 20.3 Å². The van der Waals surface area contributed by atoms with Gasteiger partial charge in [-0.25, -0.2) is 0 Å². The Labute approximate surface area is 108 Å². The molecule has 5 nitrogen and oxygen atoms in total. The Bertz CT molecular complexity index is 364. The average molecular weight is 272 g/mol. The first-order chi connectivity index (χ1) is 8.25. The largest absolute Gasteiger partial charge is 0.548 e. The number of carbonyl (C=O) groups excluding carboxylic acids is 2. The Morgan fingerprint density at radius 1 is 1.17 bits per heavy atom. The maximum absolute atomic E-state index is 11.8. The molecule has 102 valence electrons.